The van der Waals surface area contributed by atoms with Crippen molar-refractivity contribution in [3.05, 3.63) is 82.9 Å². The molecule has 0 aliphatic rings. The average Bonchev–Trinajstić information content (AvgIpc) is 3.15. The molecule has 128 valence electrons. The monoisotopic (exact) mass is 358 g/mol. The predicted molar refractivity (Wildman–Crippen MR) is 90.7 cm³/mol. The van der Waals surface area contributed by atoms with Crippen LogP contribution in [0.5, 0.6) is 0 Å². The van der Waals surface area contributed by atoms with Gasteiger partial charge in [-0.15, -0.1) is 0 Å². The Labute approximate surface area is 144 Å². The van der Waals surface area contributed by atoms with Crippen LogP contribution >= 0.6 is 0 Å². The van der Waals surface area contributed by atoms with Gasteiger partial charge >= 0.3 is 0 Å². The zero-order valence-corrected chi connectivity index (χ0v) is 13.8. The first kappa shape index (κ1) is 16.8. The second kappa shape index (κ2) is 6.83. The van der Waals surface area contributed by atoms with Crippen molar-refractivity contribution >= 4 is 15.7 Å². The Morgan fingerprint density at radius 2 is 1.76 bits per heavy atom. The van der Waals surface area contributed by atoms with E-state index in [1.807, 2.05) is 35.0 Å². The minimum absolute atomic E-state index is 0.0202. The summed E-state index contributed by atoms with van der Waals surface area (Å²) in [5.74, 6) is 0. The fourth-order valence-electron chi connectivity index (χ4n) is 2.21. The molecule has 0 spiro atoms. The summed E-state index contributed by atoms with van der Waals surface area (Å²) in [6.07, 6.45) is 5.16. The first-order valence-corrected chi connectivity index (χ1v) is 8.75. The standard InChI is InChI=1S/C16H14N4O4S/c21-20(22)15-5-7-16(8-6-15)25(23,24)18-11-13-1-3-14(4-2-13)19-10-9-17-12-19/h1-10,12,18H,11H2. The van der Waals surface area contributed by atoms with Gasteiger partial charge < -0.3 is 4.57 Å². The number of imidazole rings is 1. The van der Waals surface area contributed by atoms with Gasteiger partial charge in [0.1, 0.15) is 0 Å². The number of sulfonamides is 1. The third kappa shape index (κ3) is 3.90. The van der Waals surface area contributed by atoms with E-state index in [-0.39, 0.29) is 17.1 Å². The predicted octanol–water partition coefficient (Wildman–Crippen LogP) is 2.26. The Bertz CT molecular complexity index is 966. The first-order chi connectivity index (χ1) is 12.0. The minimum Gasteiger partial charge on any atom is -0.306 e. The fraction of sp³-hybridized carbons (Fsp3) is 0.0625. The Kier molecular flexibility index (Phi) is 4.59. The third-order valence-corrected chi connectivity index (χ3v) is 4.98. The summed E-state index contributed by atoms with van der Waals surface area (Å²) in [5, 5.41) is 10.6. The second-order valence-electron chi connectivity index (χ2n) is 5.21. The Balaban J connectivity index is 1.68. The number of nitrogens with zero attached hydrogens (tertiary/aromatic N) is 3. The maximum atomic E-state index is 12.2. The molecule has 0 aliphatic heterocycles. The zero-order chi connectivity index (χ0) is 17.9. The lowest BCUT2D eigenvalue weighted by atomic mass is 10.2. The van der Waals surface area contributed by atoms with Crippen molar-refractivity contribution in [1.82, 2.24) is 14.3 Å². The van der Waals surface area contributed by atoms with E-state index >= 15 is 0 Å². The lowest BCUT2D eigenvalue weighted by Gasteiger charge is -2.08. The molecule has 0 bridgehead atoms. The highest BCUT2D eigenvalue weighted by atomic mass is 32.2. The third-order valence-electron chi connectivity index (χ3n) is 3.56. The molecule has 9 heteroatoms. The summed E-state index contributed by atoms with van der Waals surface area (Å²) in [6, 6.07) is 12.1. The van der Waals surface area contributed by atoms with Gasteiger partial charge in [-0.2, -0.15) is 0 Å². The average molecular weight is 358 g/mol. The largest absolute Gasteiger partial charge is 0.306 e. The van der Waals surface area contributed by atoms with Gasteiger partial charge in [-0.1, -0.05) is 12.1 Å². The van der Waals surface area contributed by atoms with E-state index in [2.05, 4.69) is 9.71 Å². The number of rotatable bonds is 6. The molecule has 1 heterocycles. The molecule has 0 radical (unpaired) electrons. The van der Waals surface area contributed by atoms with Crippen LogP contribution in [-0.2, 0) is 16.6 Å². The quantitative estimate of drug-likeness (QED) is 0.537. The molecule has 0 fully saturated rings. The van der Waals surface area contributed by atoms with E-state index in [9.17, 15) is 18.5 Å². The van der Waals surface area contributed by atoms with Gasteiger partial charge in [0.2, 0.25) is 10.0 Å². The molecule has 1 N–H and O–H groups in total. The van der Waals surface area contributed by atoms with Gasteiger partial charge in [0.25, 0.3) is 5.69 Å². The van der Waals surface area contributed by atoms with E-state index in [4.69, 9.17) is 0 Å². The molecule has 2 aromatic carbocycles. The Hall–Kier alpha value is -3.04. The van der Waals surface area contributed by atoms with Crippen molar-refractivity contribution in [2.75, 3.05) is 0 Å². The van der Waals surface area contributed by atoms with E-state index in [0.717, 1.165) is 23.4 Å². The number of non-ortho nitro benzene ring substituents is 1. The Morgan fingerprint density at radius 1 is 1.08 bits per heavy atom. The molecule has 3 aromatic rings. The van der Waals surface area contributed by atoms with Crippen LogP contribution in [0.25, 0.3) is 5.69 Å². The van der Waals surface area contributed by atoms with E-state index in [1.165, 1.54) is 12.1 Å². The molecule has 3 rings (SSSR count). The number of aromatic nitrogens is 2. The summed E-state index contributed by atoms with van der Waals surface area (Å²) in [5.41, 5.74) is 1.54. The summed E-state index contributed by atoms with van der Waals surface area (Å²) in [7, 11) is -3.74. The van der Waals surface area contributed by atoms with E-state index in [0.29, 0.717) is 0 Å². The van der Waals surface area contributed by atoms with Gasteiger partial charge in [-0.3, -0.25) is 10.1 Å². The molecule has 0 amide bonds. The van der Waals surface area contributed by atoms with Crippen molar-refractivity contribution < 1.29 is 13.3 Å². The highest BCUT2D eigenvalue weighted by Crippen LogP contribution is 2.16. The number of benzene rings is 2. The normalized spacial score (nSPS) is 11.4. The van der Waals surface area contributed by atoms with Crippen LogP contribution in [0.4, 0.5) is 5.69 Å². The van der Waals surface area contributed by atoms with Crippen molar-refractivity contribution in [3.63, 3.8) is 0 Å². The summed E-state index contributed by atoms with van der Waals surface area (Å²) < 4.78 is 28.8. The Morgan fingerprint density at radius 3 is 2.32 bits per heavy atom. The minimum atomic E-state index is -3.74. The van der Waals surface area contributed by atoms with E-state index in [1.54, 1.807) is 12.5 Å². The topological polar surface area (TPSA) is 107 Å². The van der Waals surface area contributed by atoms with Crippen molar-refractivity contribution in [2.24, 2.45) is 0 Å². The highest BCUT2D eigenvalue weighted by molar-refractivity contribution is 7.89. The van der Waals surface area contributed by atoms with Crippen molar-refractivity contribution in [3.8, 4) is 5.69 Å². The lowest BCUT2D eigenvalue weighted by Crippen LogP contribution is -2.23. The van der Waals surface area contributed by atoms with Crippen LogP contribution in [-0.4, -0.2) is 22.9 Å². The molecular weight excluding hydrogens is 344 g/mol. The van der Waals surface area contributed by atoms with Crippen LogP contribution in [0.1, 0.15) is 5.56 Å². The molecule has 8 nitrogen and oxygen atoms in total. The second-order valence-corrected chi connectivity index (χ2v) is 6.98. The number of nitro benzene ring substituents is 1. The first-order valence-electron chi connectivity index (χ1n) is 7.27. The number of nitrogens with one attached hydrogen (secondary N) is 1. The van der Waals surface area contributed by atoms with E-state index < -0.39 is 14.9 Å². The summed E-state index contributed by atoms with van der Waals surface area (Å²) >= 11 is 0. The SMILES string of the molecule is O=[N+]([O-])c1ccc(S(=O)(=O)NCc2ccc(-n3ccnc3)cc2)cc1. The molecule has 0 saturated carbocycles. The van der Waals surface area contributed by atoms with Crippen LogP contribution in [0.15, 0.2) is 72.1 Å². The highest BCUT2D eigenvalue weighted by Gasteiger charge is 2.15. The molecule has 0 saturated heterocycles. The lowest BCUT2D eigenvalue weighted by molar-refractivity contribution is -0.384. The van der Waals surface area contributed by atoms with Crippen LogP contribution in [0.3, 0.4) is 0 Å². The van der Waals surface area contributed by atoms with Gasteiger partial charge in [0, 0.05) is 36.8 Å². The van der Waals surface area contributed by atoms with Crippen LogP contribution < -0.4 is 4.72 Å². The molecule has 1 aromatic heterocycles. The molecular formula is C16H14N4O4S. The van der Waals surface area contributed by atoms with Gasteiger partial charge in [0.05, 0.1) is 16.1 Å². The van der Waals surface area contributed by atoms with Gasteiger partial charge in [-0.25, -0.2) is 18.1 Å². The number of nitro groups is 1. The fourth-order valence-corrected chi connectivity index (χ4v) is 3.22. The van der Waals surface area contributed by atoms with Crippen molar-refractivity contribution in [1.29, 1.82) is 0 Å². The zero-order valence-electron chi connectivity index (χ0n) is 12.9. The number of hydrogen-bond donors (Lipinski definition) is 1. The maximum absolute atomic E-state index is 12.2. The smallest absolute Gasteiger partial charge is 0.269 e. The van der Waals surface area contributed by atoms with Crippen molar-refractivity contribution in [2.45, 2.75) is 11.4 Å². The summed E-state index contributed by atoms with van der Waals surface area (Å²) in [6.45, 7) is 0.115. The maximum Gasteiger partial charge on any atom is 0.269 e. The molecule has 0 atom stereocenters. The van der Waals surface area contributed by atoms with Crippen LogP contribution in [0, 0.1) is 10.1 Å². The van der Waals surface area contributed by atoms with Gasteiger partial charge in [-0.05, 0) is 29.8 Å². The molecule has 0 aliphatic carbocycles. The number of hydrogen-bond acceptors (Lipinski definition) is 5. The molecule has 25 heavy (non-hydrogen) atoms. The van der Waals surface area contributed by atoms with Gasteiger partial charge in [0.15, 0.2) is 0 Å². The van der Waals surface area contributed by atoms with Crippen LogP contribution in [0.2, 0.25) is 0 Å². The molecule has 0 unspecified atom stereocenters. The summed E-state index contributed by atoms with van der Waals surface area (Å²) in [4.78, 5) is 14.0.